The quantitative estimate of drug-likeness (QED) is 0.0396. The molecule has 10 nitrogen and oxygen atoms in total. The summed E-state index contributed by atoms with van der Waals surface area (Å²) in [5.41, 5.74) is 15.9. The highest BCUT2D eigenvalue weighted by Gasteiger charge is 2.14. The molecule has 3 aromatic carbocycles. The van der Waals surface area contributed by atoms with Crippen LogP contribution >= 0.6 is 11.9 Å². The zero-order valence-corrected chi connectivity index (χ0v) is 28.3. The second kappa shape index (κ2) is 24.2. The van der Waals surface area contributed by atoms with Crippen molar-refractivity contribution in [1.29, 1.82) is 5.41 Å². The van der Waals surface area contributed by atoms with Crippen molar-refractivity contribution in [2.45, 2.75) is 63.9 Å². The molecule has 4 rings (SSSR count). The number of rotatable bonds is 17. The van der Waals surface area contributed by atoms with E-state index >= 15 is 0 Å². The Balaban J connectivity index is 0.000000261. The lowest BCUT2D eigenvalue weighted by molar-refractivity contribution is -0.121. The fraction of sp³-hybridized carbons (Fsp3) is 0.270. The van der Waals surface area contributed by atoms with E-state index in [0.29, 0.717) is 37.9 Å². The average molecular weight is 670 g/mol. The lowest BCUT2D eigenvalue weighted by Crippen LogP contribution is -2.38. The molecule has 1 aromatic heterocycles. The van der Waals surface area contributed by atoms with Crippen LogP contribution in [0.25, 0.3) is 0 Å². The van der Waals surface area contributed by atoms with Gasteiger partial charge in [-0.15, -0.1) is 0 Å². The van der Waals surface area contributed by atoms with Gasteiger partial charge in [0.05, 0.1) is 6.04 Å². The number of amidine groups is 1. The fourth-order valence-electron chi connectivity index (χ4n) is 4.10. The van der Waals surface area contributed by atoms with Gasteiger partial charge in [0.15, 0.2) is 0 Å². The maximum atomic E-state index is 11.5. The van der Waals surface area contributed by atoms with Crippen LogP contribution in [0.5, 0.6) is 0 Å². The molecule has 0 aliphatic rings. The third-order valence-electron chi connectivity index (χ3n) is 6.87. The standard InChI is InChI=1S/C16H19N3OS.C12H17NO.C9H11N3O/c17-16(20)15(7-6-13-8-10-18-11-9-13)19-21-12-14-4-2-1-3-5-14;1-2-3-9-12(14)13-10-11-7-5-4-6-8-11;10-9(11)8-3-1-7(2-4-8)5-12-6-13/h1-5,8-11,15,19H,6-7,12H2,(H2,17,20);4-8H,2-3,9-10H2,1H3,(H,13,14);1-4,6H,5H2,(H3,10,11)(H,12,13). The van der Waals surface area contributed by atoms with E-state index < -0.39 is 0 Å². The summed E-state index contributed by atoms with van der Waals surface area (Å²) in [6.45, 7) is 3.23. The van der Waals surface area contributed by atoms with Crippen LogP contribution in [-0.2, 0) is 39.6 Å². The first-order chi connectivity index (χ1) is 23.3. The molecule has 1 heterocycles. The third-order valence-corrected chi connectivity index (χ3v) is 7.79. The van der Waals surface area contributed by atoms with Crippen LogP contribution in [0.3, 0.4) is 0 Å². The Hall–Kier alpha value is -5.00. The van der Waals surface area contributed by atoms with Gasteiger partial charge in [-0.05, 0) is 53.6 Å². The molecule has 0 saturated carbocycles. The molecule has 8 N–H and O–H groups in total. The highest BCUT2D eigenvalue weighted by molar-refractivity contribution is 7.96. The number of primary amides is 1. The molecule has 0 saturated heterocycles. The van der Waals surface area contributed by atoms with Crippen LogP contribution in [0.15, 0.2) is 109 Å². The van der Waals surface area contributed by atoms with E-state index in [1.165, 1.54) is 17.5 Å². The Morgan fingerprint density at radius 2 is 1.44 bits per heavy atom. The minimum Gasteiger partial charge on any atom is -0.384 e. The Kier molecular flexibility index (Phi) is 19.8. The number of nitrogen functional groups attached to an aromatic ring is 1. The number of carbonyl (C=O) groups excluding carboxylic acids is 3. The van der Waals surface area contributed by atoms with Crippen molar-refractivity contribution in [2.75, 3.05) is 0 Å². The van der Waals surface area contributed by atoms with Gasteiger partial charge in [-0.2, -0.15) is 0 Å². The Bertz CT molecular complexity index is 1480. The van der Waals surface area contributed by atoms with Gasteiger partial charge in [-0.25, -0.2) is 0 Å². The van der Waals surface area contributed by atoms with E-state index in [1.807, 2.05) is 72.8 Å². The number of benzene rings is 3. The average Bonchev–Trinajstić information content (AvgIpc) is 3.12. The topological polar surface area (TPSA) is 176 Å². The van der Waals surface area contributed by atoms with Gasteiger partial charge < -0.3 is 22.1 Å². The summed E-state index contributed by atoms with van der Waals surface area (Å²) >= 11 is 1.51. The van der Waals surface area contributed by atoms with Gasteiger partial charge in [-0.3, -0.25) is 29.5 Å². The Morgan fingerprint density at radius 1 is 0.833 bits per heavy atom. The maximum absolute atomic E-state index is 11.5. The van der Waals surface area contributed by atoms with Crippen molar-refractivity contribution in [3.63, 3.8) is 0 Å². The number of hydrogen-bond donors (Lipinski definition) is 6. The van der Waals surface area contributed by atoms with E-state index in [4.69, 9.17) is 16.9 Å². The van der Waals surface area contributed by atoms with Crippen LogP contribution in [0.4, 0.5) is 0 Å². The first-order valence-corrected chi connectivity index (χ1v) is 16.8. The number of unbranched alkanes of at least 4 members (excludes halogenated alkanes) is 1. The lowest BCUT2D eigenvalue weighted by Gasteiger charge is -2.14. The van der Waals surface area contributed by atoms with E-state index in [1.54, 1.807) is 24.5 Å². The maximum Gasteiger partial charge on any atom is 0.235 e. The second-order valence-corrected chi connectivity index (χ2v) is 11.5. The molecule has 0 aliphatic carbocycles. The molecule has 11 heteroatoms. The highest BCUT2D eigenvalue weighted by atomic mass is 32.2. The number of nitrogens with one attached hydrogen (secondary N) is 4. The molecule has 254 valence electrons. The second-order valence-electron chi connectivity index (χ2n) is 10.7. The normalized spacial score (nSPS) is 10.6. The molecule has 3 amide bonds. The number of pyridine rings is 1. The van der Waals surface area contributed by atoms with Crippen LogP contribution < -0.4 is 26.8 Å². The monoisotopic (exact) mass is 669 g/mol. The minimum atomic E-state index is -0.327. The first kappa shape index (κ1) is 39.2. The zero-order valence-electron chi connectivity index (χ0n) is 27.4. The lowest BCUT2D eigenvalue weighted by atomic mass is 10.1. The van der Waals surface area contributed by atoms with Gasteiger partial charge >= 0.3 is 0 Å². The van der Waals surface area contributed by atoms with Crippen molar-refractivity contribution in [1.82, 2.24) is 20.3 Å². The van der Waals surface area contributed by atoms with Gasteiger partial charge in [-0.1, -0.05) is 110 Å². The van der Waals surface area contributed by atoms with Crippen LogP contribution in [0.1, 0.15) is 60.4 Å². The summed E-state index contributed by atoms with van der Waals surface area (Å²) in [5, 5.41) is 12.6. The number of carbonyl (C=O) groups is 3. The number of nitrogens with zero attached hydrogens (tertiary/aromatic N) is 1. The van der Waals surface area contributed by atoms with Crippen molar-refractivity contribution >= 4 is 36.0 Å². The third kappa shape index (κ3) is 17.6. The summed E-state index contributed by atoms with van der Waals surface area (Å²) in [7, 11) is 0. The van der Waals surface area contributed by atoms with Crippen LogP contribution in [0.2, 0.25) is 0 Å². The molecule has 0 fully saturated rings. The van der Waals surface area contributed by atoms with Gasteiger partial charge in [0, 0.05) is 43.2 Å². The van der Waals surface area contributed by atoms with E-state index in [0.717, 1.165) is 41.7 Å². The molecule has 0 radical (unpaired) electrons. The first-order valence-electron chi connectivity index (χ1n) is 15.8. The predicted octanol–water partition coefficient (Wildman–Crippen LogP) is 5.02. The van der Waals surface area contributed by atoms with Crippen molar-refractivity contribution < 1.29 is 14.4 Å². The molecule has 1 atom stereocenters. The molecule has 0 spiro atoms. The molecular weight excluding hydrogens is 623 g/mol. The van der Waals surface area contributed by atoms with Gasteiger partial charge in [0.25, 0.3) is 0 Å². The molecule has 0 aliphatic heterocycles. The largest absolute Gasteiger partial charge is 0.384 e. The Morgan fingerprint density at radius 3 is 2.00 bits per heavy atom. The predicted molar refractivity (Wildman–Crippen MR) is 195 cm³/mol. The van der Waals surface area contributed by atoms with Gasteiger partial charge in [0.2, 0.25) is 18.2 Å². The summed E-state index contributed by atoms with van der Waals surface area (Å²) in [6.07, 6.45) is 8.33. The van der Waals surface area contributed by atoms with Crippen molar-refractivity contribution in [3.8, 4) is 0 Å². The summed E-state index contributed by atoms with van der Waals surface area (Å²) in [6, 6.07) is 30.8. The van der Waals surface area contributed by atoms with Crippen LogP contribution in [-0.4, -0.2) is 35.1 Å². The van der Waals surface area contributed by atoms with E-state index in [9.17, 15) is 14.4 Å². The SMILES string of the molecule is CCCCC(=O)NCc1ccccc1.N=C(N)c1ccc(CNC=O)cc1.NC(=O)C(CCc1ccncc1)NSCc1ccccc1. The molecule has 1 unspecified atom stereocenters. The summed E-state index contributed by atoms with van der Waals surface area (Å²) in [4.78, 5) is 36.7. The molecule has 4 aromatic rings. The minimum absolute atomic E-state index is 0.0508. The zero-order chi connectivity index (χ0) is 34.8. The summed E-state index contributed by atoms with van der Waals surface area (Å²) < 4.78 is 3.16. The Labute approximate surface area is 288 Å². The smallest absolute Gasteiger partial charge is 0.235 e. The number of nitrogens with two attached hydrogens (primary N) is 2. The molecular formula is C37H47N7O3S. The van der Waals surface area contributed by atoms with Crippen molar-refractivity contribution in [3.05, 3.63) is 137 Å². The van der Waals surface area contributed by atoms with E-state index in [-0.39, 0.29) is 23.7 Å². The highest BCUT2D eigenvalue weighted by Crippen LogP contribution is 2.12. The summed E-state index contributed by atoms with van der Waals surface area (Å²) in [5.74, 6) is 0.690. The number of aromatic nitrogens is 1. The number of amides is 3. The van der Waals surface area contributed by atoms with Crippen LogP contribution in [0, 0.1) is 5.41 Å². The van der Waals surface area contributed by atoms with Crippen molar-refractivity contribution in [2.24, 2.45) is 11.5 Å². The number of aryl methyl sites for hydroxylation is 1. The van der Waals surface area contributed by atoms with Gasteiger partial charge in [0.1, 0.15) is 5.84 Å². The number of hydrogen-bond acceptors (Lipinski definition) is 7. The van der Waals surface area contributed by atoms with E-state index in [2.05, 4.69) is 39.4 Å². The fourth-order valence-corrected chi connectivity index (χ4v) is 4.98. The molecule has 0 bridgehead atoms. The molecule has 48 heavy (non-hydrogen) atoms.